The summed E-state index contributed by atoms with van der Waals surface area (Å²) in [5.74, 6) is -0.160. The van der Waals surface area contributed by atoms with Gasteiger partial charge in [-0.2, -0.15) is 0 Å². The number of nitrogens with one attached hydrogen (secondary N) is 1. The Labute approximate surface area is 123 Å². The molecule has 0 radical (unpaired) electrons. The van der Waals surface area contributed by atoms with Crippen LogP contribution in [0.4, 0.5) is 4.39 Å². The predicted molar refractivity (Wildman–Crippen MR) is 79.7 cm³/mol. The molecule has 0 spiro atoms. The Hall–Kier alpha value is -0.410. The van der Waals surface area contributed by atoms with E-state index in [4.69, 9.17) is 0 Å². The van der Waals surface area contributed by atoms with E-state index >= 15 is 0 Å². The van der Waals surface area contributed by atoms with Gasteiger partial charge in [0.15, 0.2) is 0 Å². The van der Waals surface area contributed by atoms with Gasteiger partial charge in [-0.25, -0.2) is 4.39 Å². The Kier molecular flexibility index (Phi) is 3.95. The zero-order chi connectivity index (χ0) is 13.3. The fourth-order valence-corrected chi connectivity index (χ4v) is 3.75. The molecule has 1 N–H and O–H groups in total. The average Bonchev–Trinajstić information content (AvgIpc) is 3.11. The Balaban J connectivity index is 1.72. The minimum atomic E-state index is -0.160. The van der Waals surface area contributed by atoms with Gasteiger partial charge in [0.1, 0.15) is 5.82 Å². The molecule has 1 aromatic rings. The van der Waals surface area contributed by atoms with E-state index in [0.29, 0.717) is 5.41 Å². The van der Waals surface area contributed by atoms with Crippen molar-refractivity contribution in [3.8, 4) is 0 Å². The molecule has 0 atom stereocenters. The van der Waals surface area contributed by atoms with E-state index in [0.717, 1.165) is 23.5 Å². The highest BCUT2D eigenvalue weighted by Gasteiger charge is 2.35. The van der Waals surface area contributed by atoms with Gasteiger partial charge < -0.3 is 5.32 Å². The summed E-state index contributed by atoms with van der Waals surface area (Å²) in [6, 6.07) is 5.88. The number of halogens is 2. The third kappa shape index (κ3) is 3.38. The minimum absolute atomic E-state index is 0.160. The zero-order valence-electron chi connectivity index (χ0n) is 11.2. The summed E-state index contributed by atoms with van der Waals surface area (Å²) in [6.07, 6.45) is 9.03. The molecule has 3 heteroatoms. The monoisotopic (exact) mass is 325 g/mol. The van der Waals surface area contributed by atoms with Crippen LogP contribution in [0.15, 0.2) is 22.7 Å². The van der Waals surface area contributed by atoms with Gasteiger partial charge in [-0.1, -0.05) is 34.8 Å². The molecule has 2 aliphatic rings. The van der Waals surface area contributed by atoms with Crippen molar-refractivity contribution in [3.05, 3.63) is 34.1 Å². The number of hydrogen-bond acceptors (Lipinski definition) is 1. The van der Waals surface area contributed by atoms with Crippen LogP contribution in [-0.2, 0) is 6.42 Å². The van der Waals surface area contributed by atoms with Gasteiger partial charge in [-0.05, 0) is 55.2 Å². The first-order valence-electron chi connectivity index (χ1n) is 7.34. The fraction of sp³-hybridized carbons (Fsp3) is 0.625. The first-order valence-corrected chi connectivity index (χ1v) is 8.14. The molecule has 3 rings (SSSR count). The second-order valence-electron chi connectivity index (χ2n) is 6.27. The lowest BCUT2D eigenvalue weighted by molar-refractivity contribution is 0.276. The normalized spacial score (nSPS) is 21.8. The van der Waals surface area contributed by atoms with Crippen LogP contribution >= 0.6 is 15.9 Å². The highest BCUT2D eigenvalue weighted by Crippen LogP contribution is 2.42. The molecule has 1 aromatic carbocycles. The van der Waals surface area contributed by atoms with Gasteiger partial charge in [0.2, 0.25) is 0 Å². The third-order valence-electron chi connectivity index (χ3n) is 4.59. The second-order valence-corrected chi connectivity index (χ2v) is 7.13. The van der Waals surface area contributed by atoms with Crippen molar-refractivity contribution in [1.82, 2.24) is 5.32 Å². The summed E-state index contributed by atoms with van der Waals surface area (Å²) in [7, 11) is 0. The van der Waals surface area contributed by atoms with Gasteiger partial charge in [0.25, 0.3) is 0 Å². The molecular formula is C16H21BrFN. The van der Waals surface area contributed by atoms with Crippen molar-refractivity contribution in [2.45, 2.75) is 51.0 Å². The maximum atomic E-state index is 13.2. The molecule has 0 heterocycles. The molecular weight excluding hydrogens is 305 g/mol. The van der Waals surface area contributed by atoms with E-state index in [1.807, 2.05) is 6.07 Å². The standard InChI is InChI=1S/C16H21BrFN/c17-15-9-13(18)4-3-12(15)10-16(7-1-2-8-16)11-19-14-5-6-14/h3-4,9,14,19H,1-2,5-8,10-11H2. The van der Waals surface area contributed by atoms with Crippen molar-refractivity contribution in [2.24, 2.45) is 5.41 Å². The van der Waals surface area contributed by atoms with Crippen molar-refractivity contribution in [2.75, 3.05) is 6.54 Å². The Morgan fingerprint density at radius 2 is 2.00 bits per heavy atom. The Morgan fingerprint density at radius 1 is 1.26 bits per heavy atom. The van der Waals surface area contributed by atoms with Crippen molar-refractivity contribution < 1.29 is 4.39 Å². The van der Waals surface area contributed by atoms with Gasteiger partial charge in [-0.3, -0.25) is 0 Å². The Morgan fingerprint density at radius 3 is 2.63 bits per heavy atom. The lowest BCUT2D eigenvalue weighted by atomic mass is 9.80. The van der Waals surface area contributed by atoms with E-state index in [-0.39, 0.29) is 5.82 Å². The summed E-state index contributed by atoms with van der Waals surface area (Å²) in [5, 5.41) is 3.70. The molecule has 19 heavy (non-hydrogen) atoms. The number of rotatable bonds is 5. The van der Waals surface area contributed by atoms with Crippen LogP contribution in [0.1, 0.15) is 44.1 Å². The predicted octanol–water partition coefficient (Wildman–Crippen LogP) is 4.44. The van der Waals surface area contributed by atoms with Gasteiger partial charge >= 0.3 is 0 Å². The highest BCUT2D eigenvalue weighted by molar-refractivity contribution is 9.10. The average molecular weight is 326 g/mol. The van der Waals surface area contributed by atoms with Gasteiger partial charge in [0, 0.05) is 17.1 Å². The van der Waals surface area contributed by atoms with Crippen LogP contribution in [0, 0.1) is 11.2 Å². The molecule has 0 aromatic heterocycles. The Bertz CT molecular complexity index is 450. The van der Waals surface area contributed by atoms with Crippen molar-refractivity contribution in [1.29, 1.82) is 0 Å². The highest BCUT2D eigenvalue weighted by atomic mass is 79.9. The summed E-state index contributed by atoms with van der Waals surface area (Å²) < 4.78 is 14.1. The minimum Gasteiger partial charge on any atom is -0.313 e. The maximum Gasteiger partial charge on any atom is 0.124 e. The van der Waals surface area contributed by atoms with E-state index < -0.39 is 0 Å². The summed E-state index contributed by atoms with van der Waals surface area (Å²) in [4.78, 5) is 0. The lowest BCUT2D eigenvalue weighted by Crippen LogP contribution is -2.35. The largest absolute Gasteiger partial charge is 0.313 e. The summed E-state index contributed by atoms with van der Waals surface area (Å²) >= 11 is 3.51. The van der Waals surface area contributed by atoms with Crippen molar-refractivity contribution in [3.63, 3.8) is 0 Å². The van der Waals surface area contributed by atoms with Crippen molar-refractivity contribution >= 4 is 15.9 Å². The van der Waals surface area contributed by atoms with Crippen LogP contribution in [0.5, 0.6) is 0 Å². The fourth-order valence-electron chi connectivity index (χ4n) is 3.26. The van der Waals surface area contributed by atoms with E-state index in [1.54, 1.807) is 12.1 Å². The molecule has 1 nitrogen and oxygen atoms in total. The molecule has 0 aliphatic heterocycles. The van der Waals surface area contributed by atoms with E-state index in [9.17, 15) is 4.39 Å². The van der Waals surface area contributed by atoms with Crippen LogP contribution in [0.2, 0.25) is 0 Å². The maximum absolute atomic E-state index is 13.2. The van der Waals surface area contributed by atoms with Crippen LogP contribution in [0.25, 0.3) is 0 Å². The molecule has 2 saturated carbocycles. The zero-order valence-corrected chi connectivity index (χ0v) is 12.8. The molecule has 0 bridgehead atoms. The SMILES string of the molecule is Fc1ccc(CC2(CNC3CC3)CCCC2)c(Br)c1. The first-order chi connectivity index (χ1) is 9.17. The molecule has 2 aliphatic carbocycles. The summed E-state index contributed by atoms with van der Waals surface area (Å²) in [6.45, 7) is 1.13. The molecule has 104 valence electrons. The van der Waals surface area contributed by atoms with Crippen LogP contribution in [-0.4, -0.2) is 12.6 Å². The lowest BCUT2D eigenvalue weighted by Gasteiger charge is -2.30. The quantitative estimate of drug-likeness (QED) is 0.843. The van der Waals surface area contributed by atoms with Gasteiger partial charge in [0.05, 0.1) is 0 Å². The number of hydrogen-bond donors (Lipinski definition) is 1. The molecule has 0 saturated heterocycles. The molecule has 0 unspecified atom stereocenters. The van der Waals surface area contributed by atoms with Crippen LogP contribution in [0.3, 0.4) is 0 Å². The van der Waals surface area contributed by atoms with E-state index in [2.05, 4.69) is 21.2 Å². The third-order valence-corrected chi connectivity index (χ3v) is 5.33. The van der Waals surface area contributed by atoms with Crippen LogP contribution < -0.4 is 5.32 Å². The second kappa shape index (κ2) is 5.53. The molecule has 2 fully saturated rings. The topological polar surface area (TPSA) is 12.0 Å². The summed E-state index contributed by atoms with van der Waals surface area (Å²) in [5.41, 5.74) is 1.64. The number of benzene rings is 1. The van der Waals surface area contributed by atoms with E-state index in [1.165, 1.54) is 44.1 Å². The first kappa shape index (κ1) is 13.6. The smallest absolute Gasteiger partial charge is 0.124 e. The van der Waals surface area contributed by atoms with Gasteiger partial charge in [-0.15, -0.1) is 0 Å². The molecule has 0 amide bonds.